The summed E-state index contributed by atoms with van der Waals surface area (Å²) >= 11 is 1.24. The van der Waals surface area contributed by atoms with Crippen LogP contribution in [-0.4, -0.2) is 28.4 Å². The first kappa shape index (κ1) is 16.2. The minimum Gasteiger partial charge on any atom is -0.322 e. The van der Waals surface area contributed by atoms with E-state index in [1.807, 2.05) is 30.3 Å². The molecule has 2 heterocycles. The highest BCUT2D eigenvalue weighted by atomic mass is 32.1. The highest BCUT2D eigenvalue weighted by molar-refractivity contribution is 7.12. The monoisotopic (exact) mass is 343 g/mol. The summed E-state index contributed by atoms with van der Waals surface area (Å²) < 4.78 is 0. The lowest BCUT2D eigenvalue weighted by atomic mass is 9.93. The van der Waals surface area contributed by atoms with E-state index in [9.17, 15) is 14.4 Å². The van der Waals surface area contributed by atoms with Crippen molar-refractivity contribution < 1.29 is 14.4 Å². The number of nitrogens with zero attached hydrogens (tertiary/aromatic N) is 1. The number of nitrogens with one attached hydrogen (secondary N) is 2. The van der Waals surface area contributed by atoms with Crippen molar-refractivity contribution in [2.45, 2.75) is 25.3 Å². The molecule has 2 N–H and O–H groups in total. The minimum atomic E-state index is -1.03. The van der Waals surface area contributed by atoms with Crippen molar-refractivity contribution in [2.75, 3.05) is 0 Å². The van der Waals surface area contributed by atoms with Crippen molar-refractivity contribution in [3.63, 3.8) is 0 Å². The molecule has 2 aromatic rings. The van der Waals surface area contributed by atoms with Gasteiger partial charge in [0.2, 0.25) is 0 Å². The Morgan fingerprint density at radius 3 is 2.62 bits per heavy atom. The van der Waals surface area contributed by atoms with Crippen molar-refractivity contribution in [1.82, 2.24) is 15.8 Å². The summed E-state index contributed by atoms with van der Waals surface area (Å²) in [5.41, 5.74) is 2.43. The van der Waals surface area contributed by atoms with Crippen LogP contribution in [0.1, 0.15) is 28.6 Å². The number of carbonyl (C=O) groups excluding carboxylic acids is 3. The first-order valence-corrected chi connectivity index (χ1v) is 8.43. The Bertz CT molecular complexity index is 761. The van der Waals surface area contributed by atoms with Gasteiger partial charge in [-0.15, -0.1) is 11.3 Å². The molecule has 0 bridgehead atoms. The summed E-state index contributed by atoms with van der Waals surface area (Å²) in [6.45, 7) is 1.67. The lowest BCUT2D eigenvalue weighted by Gasteiger charge is -2.21. The molecule has 24 heavy (non-hydrogen) atoms. The Balaban J connectivity index is 1.67. The van der Waals surface area contributed by atoms with Crippen LogP contribution in [0.2, 0.25) is 0 Å². The van der Waals surface area contributed by atoms with E-state index < -0.39 is 23.4 Å². The van der Waals surface area contributed by atoms with E-state index in [1.54, 1.807) is 24.4 Å². The molecule has 0 unspecified atom stereocenters. The van der Waals surface area contributed by atoms with Gasteiger partial charge in [0.15, 0.2) is 0 Å². The average Bonchev–Trinajstić information content (AvgIpc) is 3.18. The maximum Gasteiger partial charge on any atom is 0.344 e. The van der Waals surface area contributed by atoms with Crippen LogP contribution < -0.4 is 10.7 Å². The van der Waals surface area contributed by atoms with E-state index in [2.05, 4.69) is 10.7 Å². The van der Waals surface area contributed by atoms with Gasteiger partial charge in [0.1, 0.15) is 5.54 Å². The quantitative estimate of drug-likeness (QED) is 0.818. The van der Waals surface area contributed by atoms with Crippen LogP contribution in [0.5, 0.6) is 0 Å². The fourth-order valence-electron chi connectivity index (χ4n) is 2.56. The molecule has 0 aliphatic carbocycles. The molecular weight excluding hydrogens is 326 g/mol. The van der Waals surface area contributed by atoms with Crippen molar-refractivity contribution in [2.24, 2.45) is 0 Å². The highest BCUT2D eigenvalue weighted by Crippen LogP contribution is 2.22. The van der Waals surface area contributed by atoms with Crippen LogP contribution in [0.4, 0.5) is 4.79 Å². The first-order chi connectivity index (χ1) is 11.5. The van der Waals surface area contributed by atoms with Gasteiger partial charge < -0.3 is 5.32 Å². The molecule has 1 aromatic heterocycles. The number of benzene rings is 1. The summed E-state index contributed by atoms with van der Waals surface area (Å²) in [6.07, 6.45) is 1.10. The number of imide groups is 1. The number of hydrazine groups is 1. The van der Waals surface area contributed by atoms with E-state index >= 15 is 0 Å². The van der Waals surface area contributed by atoms with E-state index in [0.717, 1.165) is 10.6 Å². The number of hydrogen-bond acceptors (Lipinski definition) is 4. The molecule has 1 aliphatic heterocycles. The van der Waals surface area contributed by atoms with Gasteiger partial charge in [-0.1, -0.05) is 36.4 Å². The van der Waals surface area contributed by atoms with Crippen molar-refractivity contribution in [1.29, 1.82) is 0 Å². The Morgan fingerprint density at radius 1 is 1.21 bits per heavy atom. The van der Waals surface area contributed by atoms with Gasteiger partial charge >= 0.3 is 6.03 Å². The Labute approximate surface area is 143 Å². The third kappa shape index (κ3) is 3.16. The standard InChI is InChI=1S/C17H17N3O3S/c1-17(10-9-12-6-3-2-4-7-12)15(22)20(16(23)18-17)19-14(21)13-8-5-11-24-13/h2-8,11H,9-10H2,1H3,(H,18,23)(H,19,21)/t17-/m0/s1. The van der Waals surface area contributed by atoms with Gasteiger partial charge in [0, 0.05) is 0 Å². The van der Waals surface area contributed by atoms with E-state index in [4.69, 9.17) is 0 Å². The van der Waals surface area contributed by atoms with Gasteiger partial charge in [-0.3, -0.25) is 15.0 Å². The highest BCUT2D eigenvalue weighted by Gasteiger charge is 2.48. The number of rotatable bonds is 5. The summed E-state index contributed by atoms with van der Waals surface area (Å²) in [5, 5.41) is 5.20. The molecule has 7 heteroatoms. The topological polar surface area (TPSA) is 78.5 Å². The van der Waals surface area contributed by atoms with Gasteiger partial charge in [-0.05, 0) is 36.8 Å². The predicted molar refractivity (Wildman–Crippen MR) is 90.3 cm³/mol. The molecule has 1 aromatic carbocycles. The van der Waals surface area contributed by atoms with Crippen LogP contribution in [0.25, 0.3) is 0 Å². The molecule has 0 saturated carbocycles. The fraction of sp³-hybridized carbons (Fsp3) is 0.235. The Hall–Kier alpha value is -2.67. The molecule has 124 valence electrons. The molecule has 0 spiro atoms. The number of thiophene rings is 1. The molecule has 1 fully saturated rings. The lowest BCUT2D eigenvalue weighted by molar-refractivity contribution is -0.132. The second kappa shape index (κ2) is 6.45. The normalized spacial score (nSPS) is 20.1. The molecule has 1 aliphatic rings. The largest absolute Gasteiger partial charge is 0.344 e. The number of amides is 4. The van der Waals surface area contributed by atoms with Crippen molar-refractivity contribution in [3.05, 3.63) is 58.3 Å². The maximum atomic E-state index is 12.6. The van der Waals surface area contributed by atoms with Crippen LogP contribution in [-0.2, 0) is 11.2 Å². The van der Waals surface area contributed by atoms with Crippen LogP contribution >= 0.6 is 11.3 Å². The first-order valence-electron chi connectivity index (χ1n) is 7.55. The third-order valence-electron chi connectivity index (χ3n) is 3.98. The van der Waals surface area contributed by atoms with E-state index in [-0.39, 0.29) is 0 Å². The molecular formula is C17H17N3O3S. The summed E-state index contributed by atoms with van der Waals surface area (Å²) in [7, 11) is 0. The maximum absolute atomic E-state index is 12.6. The Morgan fingerprint density at radius 2 is 1.96 bits per heavy atom. The summed E-state index contributed by atoms with van der Waals surface area (Å²) in [6, 6.07) is 12.5. The molecule has 0 radical (unpaired) electrons. The molecule has 3 rings (SSSR count). The second-order valence-electron chi connectivity index (χ2n) is 5.81. The Kier molecular flexibility index (Phi) is 4.35. The number of urea groups is 1. The molecule has 4 amide bonds. The molecule has 1 atom stereocenters. The van der Waals surface area contributed by atoms with Gasteiger partial charge in [0.05, 0.1) is 4.88 Å². The molecule has 6 nitrogen and oxygen atoms in total. The van der Waals surface area contributed by atoms with E-state index in [1.165, 1.54) is 11.3 Å². The van der Waals surface area contributed by atoms with Crippen molar-refractivity contribution in [3.8, 4) is 0 Å². The lowest BCUT2D eigenvalue weighted by Crippen LogP contribution is -2.48. The average molecular weight is 343 g/mol. The zero-order valence-corrected chi connectivity index (χ0v) is 13.9. The zero-order valence-electron chi connectivity index (χ0n) is 13.1. The van der Waals surface area contributed by atoms with Gasteiger partial charge in [-0.2, -0.15) is 5.01 Å². The smallest absolute Gasteiger partial charge is 0.322 e. The SMILES string of the molecule is C[C@@]1(CCc2ccccc2)NC(=O)N(NC(=O)c2cccs2)C1=O. The summed E-state index contributed by atoms with van der Waals surface area (Å²) in [4.78, 5) is 37.2. The van der Waals surface area contributed by atoms with E-state index in [0.29, 0.717) is 17.7 Å². The van der Waals surface area contributed by atoms with Crippen molar-refractivity contribution >= 4 is 29.2 Å². The number of hydrogen-bond donors (Lipinski definition) is 2. The van der Waals surface area contributed by atoms with Gasteiger partial charge in [0.25, 0.3) is 11.8 Å². The van der Waals surface area contributed by atoms with Gasteiger partial charge in [-0.25, -0.2) is 4.79 Å². The predicted octanol–water partition coefficient (Wildman–Crippen LogP) is 2.34. The van der Waals surface area contributed by atoms with Crippen LogP contribution in [0, 0.1) is 0 Å². The number of aryl methyl sites for hydroxylation is 1. The van der Waals surface area contributed by atoms with Crippen LogP contribution in [0.3, 0.4) is 0 Å². The minimum absolute atomic E-state index is 0.438. The zero-order chi connectivity index (χ0) is 17.2. The second-order valence-corrected chi connectivity index (χ2v) is 6.75. The van der Waals surface area contributed by atoms with Crippen LogP contribution in [0.15, 0.2) is 47.8 Å². The third-order valence-corrected chi connectivity index (χ3v) is 4.84. The summed E-state index contributed by atoms with van der Waals surface area (Å²) in [5.74, 6) is -0.922. The molecule has 1 saturated heterocycles. The fourth-order valence-corrected chi connectivity index (χ4v) is 3.17. The number of carbonyl (C=O) groups is 3.